The number of methoxy groups -OCH3 is 1. The Bertz CT molecular complexity index is 751. The highest BCUT2D eigenvalue weighted by Crippen LogP contribution is 2.38. The standard InChI is InChI=1S/C17H15BrFNO2S/c1-21-15-9-12(17-20-5-6-23-17)8-14(18)16(15)22-10-11-3-2-4-13(19)7-11/h2-4,7-9H,5-6,10H2,1H3. The summed E-state index contributed by atoms with van der Waals surface area (Å²) in [6, 6.07) is 10.2. The predicted octanol–water partition coefficient (Wildman–Crippen LogP) is 4.67. The molecule has 0 radical (unpaired) electrons. The summed E-state index contributed by atoms with van der Waals surface area (Å²) in [5.74, 6) is 1.96. The smallest absolute Gasteiger partial charge is 0.175 e. The summed E-state index contributed by atoms with van der Waals surface area (Å²) >= 11 is 5.26. The number of hydrogen-bond acceptors (Lipinski definition) is 4. The van der Waals surface area contributed by atoms with Crippen molar-refractivity contribution in [1.29, 1.82) is 0 Å². The first kappa shape index (κ1) is 16.3. The van der Waals surface area contributed by atoms with Crippen LogP contribution in [0.1, 0.15) is 11.1 Å². The summed E-state index contributed by atoms with van der Waals surface area (Å²) in [7, 11) is 1.60. The molecule has 0 fully saturated rings. The molecular weight excluding hydrogens is 381 g/mol. The van der Waals surface area contributed by atoms with Crippen LogP contribution >= 0.6 is 27.7 Å². The van der Waals surface area contributed by atoms with Crippen LogP contribution < -0.4 is 9.47 Å². The Morgan fingerprint density at radius 3 is 2.87 bits per heavy atom. The van der Waals surface area contributed by atoms with Crippen molar-refractivity contribution in [1.82, 2.24) is 0 Å². The van der Waals surface area contributed by atoms with Crippen molar-refractivity contribution in [2.75, 3.05) is 19.4 Å². The molecule has 1 aliphatic heterocycles. The molecule has 2 aromatic carbocycles. The Kier molecular flexibility index (Phi) is 5.23. The van der Waals surface area contributed by atoms with Crippen LogP contribution in [0.15, 0.2) is 45.9 Å². The maximum Gasteiger partial charge on any atom is 0.175 e. The maximum absolute atomic E-state index is 13.2. The third kappa shape index (κ3) is 3.87. The van der Waals surface area contributed by atoms with Crippen LogP contribution in [0, 0.1) is 5.82 Å². The molecule has 0 saturated heterocycles. The van der Waals surface area contributed by atoms with Crippen molar-refractivity contribution in [2.24, 2.45) is 4.99 Å². The number of ether oxygens (including phenoxy) is 2. The lowest BCUT2D eigenvalue weighted by Gasteiger charge is -2.14. The van der Waals surface area contributed by atoms with Gasteiger partial charge in [0.15, 0.2) is 11.5 Å². The van der Waals surface area contributed by atoms with Gasteiger partial charge in [0, 0.05) is 17.9 Å². The molecule has 0 amide bonds. The monoisotopic (exact) mass is 395 g/mol. The minimum atomic E-state index is -0.274. The van der Waals surface area contributed by atoms with Crippen molar-refractivity contribution in [3.05, 3.63) is 57.8 Å². The zero-order chi connectivity index (χ0) is 16.2. The fourth-order valence-electron chi connectivity index (χ4n) is 2.28. The molecule has 0 saturated carbocycles. The van der Waals surface area contributed by atoms with E-state index in [1.165, 1.54) is 12.1 Å². The molecule has 23 heavy (non-hydrogen) atoms. The van der Waals surface area contributed by atoms with Gasteiger partial charge in [0.1, 0.15) is 12.4 Å². The molecule has 120 valence electrons. The minimum Gasteiger partial charge on any atom is -0.493 e. The van der Waals surface area contributed by atoms with Crippen LogP contribution in [-0.2, 0) is 6.61 Å². The number of rotatable bonds is 5. The lowest BCUT2D eigenvalue weighted by Crippen LogP contribution is -2.01. The molecule has 6 heteroatoms. The molecule has 3 rings (SSSR count). The first-order chi connectivity index (χ1) is 11.2. The van der Waals surface area contributed by atoms with E-state index in [2.05, 4.69) is 20.9 Å². The molecule has 0 unspecified atom stereocenters. The average molecular weight is 396 g/mol. The van der Waals surface area contributed by atoms with E-state index in [9.17, 15) is 4.39 Å². The summed E-state index contributed by atoms with van der Waals surface area (Å²) in [6.45, 7) is 1.11. The van der Waals surface area contributed by atoms with Gasteiger partial charge in [-0.1, -0.05) is 12.1 Å². The number of hydrogen-bond donors (Lipinski definition) is 0. The number of halogens is 2. The van der Waals surface area contributed by atoms with Gasteiger partial charge in [-0.15, -0.1) is 11.8 Å². The summed E-state index contributed by atoms with van der Waals surface area (Å²) in [5.41, 5.74) is 1.77. The van der Waals surface area contributed by atoms with Crippen molar-refractivity contribution in [3.63, 3.8) is 0 Å². The third-order valence-electron chi connectivity index (χ3n) is 3.33. The van der Waals surface area contributed by atoms with Crippen LogP contribution in [0.5, 0.6) is 11.5 Å². The van der Waals surface area contributed by atoms with Gasteiger partial charge in [-0.05, 0) is 45.8 Å². The molecule has 0 aromatic heterocycles. The normalized spacial score (nSPS) is 13.8. The lowest BCUT2D eigenvalue weighted by atomic mass is 10.2. The molecule has 3 nitrogen and oxygen atoms in total. The number of aliphatic imine (C=N–C) groups is 1. The first-order valence-electron chi connectivity index (χ1n) is 7.10. The summed E-state index contributed by atoms with van der Waals surface area (Å²) < 4.78 is 25.3. The quantitative estimate of drug-likeness (QED) is 0.736. The van der Waals surface area contributed by atoms with Gasteiger partial charge >= 0.3 is 0 Å². The second-order valence-electron chi connectivity index (χ2n) is 4.94. The van der Waals surface area contributed by atoms with E-state index in [0.717, 1.165) is 32.9 Å². The fraction of sp³-hybridized carbons (Fsp3) is 0.235. The highest BCUT2D eigenvalue weighted by atomic mass is 79.9. The van der Waals surface area contributed by atoms with E-state index in [1.807, 2.05) is 18.2 Å². The van der Waals surface area contributed by atoms with Crippen LogP contribution in [0.25, 0.3) is 0 Å². The molecule has 1 aliphatic rings. The van der Waals surface area contributed by atoms with Gasteiger partial charge in [-0.25, -0.2) is 4.39 Å². The Morgan fingerprint density at radius 1 is 1.30 bits per heavy atom. The highest BCUT2D eigenvalue weighted by Gasteiger charge is 2.17. The number of thioether (sulfide) groups is 1. The number of benzene rings is 2. The Hall–Kier alpha value is -1.53. The van der Waals surface area contributed by atoms with Gasteiger partial charge in [-0.2, -0.15) is 0 Å². The average Bonchev–Trinajstić information content (AvgIpc) is 3.07. The fourth-order valence-corrected chi connectivity index (χ4v) is 3.67. The lowest BCUT2D eigenvalue weighted by molar-refractivity contribution is 0.282. The molecule has 2 aromatic rings. The van der Waals surface area contributed by atoms with Crippen molar-refractivity contribution >= 4 is 32.7 Å². The SMILES string of the molecule is COc1cc(C2=NCCS2)cc(Br)c1OCc1cccc(F)c1. The van der Waals surface area contributed by atoms with Gasteiger partial charge in [-0.3, -0.25) is 4.99 Å². The molecule has 0 N–H and O–H groups in total. The van der Waals surface area contributed by atoms with E-state index in [-0.39, 0.29) is 12.4 Å². The molecule has 0 spiro atoms. The first-order valence-corrected chi connectivity index (χ1v) is 8.87. The van der Waals surface area contributed by atoms with E-state index >= 15 is 0 Å². The van der Waals surface area contributed by atoms with Crippen LogP contribution in [0.2, 0.25) is 0 Å². The number of nitrogens with zero attached hydrogens (tertiary/aromatic N) is 1. The maximum atomic E-state index is 13.2. The zero-order valence-corrected chi connectivity index (χ0v) is 14.9. The summed E-state index contributed by atoms with van der Waals surface area (Å²) in [4.78, 5) is 4.48. The second-order valence-corrected chi connectivity index (χ2v) is 6.88. The van der Waals surface area contributed by atoms with Crippen molar-refractivity contribution in [3.8, 4) is 11.5 Å². The van der Waals surface area contributed by atoms with E-state index < -0.39 is 0 Å². The predicted molar refractivity (Wildman–Crippen MR) is 95.3 cm³/mol. The molecule has 0 atom stereocenters. The van der Waals surface area contributed by atoms with Crippen molar-refractivity contribution in [2.45, 2.75) is 6.61 Å². The molecule has 0 aliphatic carbocycles. The minimum absolute atomic E-state index is 0.266. The molecule has 1 heterocycles. The van der Waals surface area contributed by atoms with Crippen LogP contribution in [0.3, 0.4) is 0 Å². The molecule has 0 bridgehead atoms. The van der Waals surface area contributed by atoms with Crippen molar-refractivity contribution < 1.29 is 13.9 Å². The highest BCUT2D eigenvalue weighted by molar-refractivity contribution is 9.10. The van der Waals surface area contributed by atoms with Crippen LogP contribution in [-0.4, -0.2) is 24.5 Å². The summed E-state index contributed by atoms with van der Waals surface area (Å²) in [5, 5.41) is 1.01. The third-order valence-corrected chi connectivity index (χ3v) is 4.95. The van der Waals surface area contributed by atoms with Gasteiger partial charge in [0.05, 0.1) is 16.6 Å². The Balaban J connectivity index is 1.83. The Labute approximate surface area is 147 Å². The Morgan fingerprint density at radius 2 is 2.17 bits per heavy atom. The van der Waals surface area contributed by atoms with Gasteiger partial charge in [0.25, 0.3) is 0 Å². The van der Waals surface area contributed by atoms with Gasteiger partial charge in [0.2, 0.25) is 0 Å². The second kappa shape index (κ2) is 7.36. The van der Waals surface area contributed by atoms with E-state index in [4.69, 9.17) is 9.47 Å². The largest absolute Gasteiger partial charge is 0.493 e. The van der Waals surface area contributed by atoms with Gasteiger partial charge < -0.3 is 9.47 Å². The van der Waals surface area contributed by atoms with E-state index in [0.29, 0.717) is 11.5 Å². The topological polar surface area (TPSA) is 30.8 Å². The van der Waals surface area contributed by atoms with Crippen LogP contribution in [0.4, 0.5) is 4.39 Å². The summed E-state index contributed by atoms with van der Waals surface area (Å²) in [6.07, 6.45) is 0. The zero-order valence-electron chi connectivity index (χ0n) is 12.5. The van der Waals surface area contributed by atoms with E-state index in [1.54, 1.807) is 24.9 Å². The molecular formula is C17H15BrFNO2S.